The first kappa shape index (κ1) is 21.4. The predicted octanol–water partition coefficient (Wildman–Crippen LogP) is 8.21. The van der Waals surface area contributed by atoms with Crippen LogP contribution in [-0.2, 0) is 11.8 Å². The van der Waals surface area contributed by atoms with E-state index in [2.05, 4.69) is 99.2 Å². The number of hydrogen-bond donors (Lipinski definition) is 0. The molecule has 0 amide bonds. The molecule has 0 aliphatic rings. The van der Waals surface area contributed by atoms with Gasteiger partial charge in [0.2, 0.25) is 0 Å². The summed E-state index contributed by atoms with van der Waals surface area (Å²) in [5, 5.41) is 3.63. The monoisotopic (exact) mass is 434 g/mol. The number of fused-ring (bicyclic) bond motifs is 2. The molecule has 3 aromatic carbocycles. The minimum Gasteiger partial charge on any atom is -0.464 e. The van der Waals surface area contributed by atoms with Crippen LogP contribution >= 0.6 is 0 Å². The molecule has 0 spiro atoms. The summed E-state index contributed by atoms with van der Waals surface area (Å²) in [5.74, 6) is 0.569. The molecule has 166 valence electrons. The Balaban J connectivity index is 1.65. The topological polar surface area (TPSA) is 38.9 Å². The van der Waals surface area contributed by atoms with Crippen molar-refractivity contribution in [3.8, 4) is 22.5 Å². The van der Waals surface area contributed by atoms with Crippen LogP contribution in [0.2, 0.25) is 0 Å². The van der Waals surface area contributed by atoms with E-state index in [1.165, 1.54) is 21.9 Å². The molecule has 5 aromatic rings. The Morgan fingerprint density at radius 3 is 2.42 bits per heavy atom. The van der Waals surface area contributed by atoms with Gasteiger partial charge in [-0.3, -0.25) is 0 Å². The first-order chi connectivity index (χ1) is 15.8. The van der Waals surface area contributed by atoms with E-state index in [-0.39, 0.29) is 5.41 Å². The fourth-order valence-electron chi connectivity index (χ4n) is 4.68. The van der Waals surface area contributed by atoms with Gasteiger partial charge in [0.15, 0.2) is 0 Å². The highest BCUT2D eigenvalue weighted by Gasteiger charge is 2.19. The summed E-state index contributed by atoms with van der Waals surface area (Å²) in [6.45, 7) is 11.2. The van der Waals surface area contributed by atoms with E-state index in [1.807, 2.05) is 6.07 Å². The van der Waals surface area contributed by atoms with Crippen LogP contribution < -0.4 is 0 Å². The molecule has 0 aliphatic carbocycles. The molecule has 0 saturated carbocycles. The van der Waals surface area contributed by atoms with Crippen LogP contribution in [0.1, 0.15) is 45.7 Å². The molecule has 2 aromatic heterocycles. The van der Waals surface area contributed by atoms with Crippen LogP contribution in [0.25, 0.3) is 44.3 Å². The van der Waals surface area contributed by atoms with Gasteiger partial charge in [-0.25, -0.2) is 9.97 Å². The van der Waals surface area contributed by atoms with Crippen LogP contribution in [0.5, 0.6) is 0 Å². The van der Waals surface area contributed by atoms with Crippen molar-refractivity contribution in [2.75, 3.05) is 0 Å². The van der Waals surface area contributed by atoms with E-state index in [4.69, 9.17) is 4.42 Å². The molecule has 0 bridgehead atoms. The molecular weight excluding hydrogens is 404 g/mol. The van der Waals surface area contributed by atoms with Crippen LogP contribution in [0.15, 0.2) is 77.7 Å². The molecule has 3 heteroatoms. The van der Waals surface area contributed by atoms with Crippen molar-refractivity contribution in [1.29, 1.82) is 0 Å². The van der Waals surface area contributed by atoms with Crippen molar-refractivity contribution in [2.45, 2.75) is 46.5 Å². The third kappa shape index (κ3) is 4.04. The highest BCUT2D eigenvalue weighted by Crippen LogP contribution is 2.36. The van der Waals surface area contributed by atoms with Crippen LogP contribution in [-0.4, -0.2) is 9.97 Å². The lowest BCUT2D eigenvalue weighted by Gasteiger charge is -2.22. The maximum atomic E-state index is 5.88. The minimum absolute atomic E-state index is 0.0284. The molecular formula is C30H30N2O. The fraction of sp³-hybridized carbons (Fsp3) is 0.267. The average molecular weight is 435 g/mol. The Labute approximate surface area is 195 Å². The summed E-state index contributed by atoms with van der Waals surface area (Å²) in [5.41, 5.74) is 7.59. The fourth-order valence-corrected chi connectivity index (χ4v) is 4.68. The summed E-state index contributed by atoms with van der Waals surface area (Å²) < 4.78 is 5.88. The maximum Gasteiger partial charge on any atom is 0.137 e. The Kier molecular flexibility index (Phi) is 5.28. The van der Waals surface area contributed by atoms with Gasteiger partial charge in [-0.2, -0.15) is 0 Å². The number of rotatable bonds is 4. The second-order valence-electron chi connectivity index (χ2n) is 10.3. The van der Waals surface area contributed by atoms with Gasteiger partial charge >= 0.3 is 0 Å². The Morgan fingerprint density at radius 2 is 1.64 bits per heavy atom. The third-order valence-corrected chi connectivity index (χ3v) is 6.24. The largest absolute Gasteiger partial charge is 0.464 e. The molecule has 0 radical (unpaired) electrons. The molecule has 0 saturated heterocycles. The number of hydrogen-bond acceptors (Lipinski definition) is 3. The molecule has 0 aliphatic heterocycles. The zero-order valence-electron chi connectivity index (χ0n) is 20.0. The lowest BCUT2D eigenvalue weighted by atomic mass is 9.82. The lowest BCUT2D eigenvalue weighted by molar-refractivity contribution is 0.595. The van der Waals surface area contributed by atoms with Crippen LogP contribution in [0.4, 0.5) is 0 Å². The molecule has 33 heavy (non-hydrogen) atoms. The predicted molar refractivity (Wildman–Crippen MR) is 137 cm³/mol. The average Bonchev–Trinajstić information content (AvgIpc) is 3.28. The zero-order chi connectivity index (χ0) is 23.2. The van der Waals surface area contributed by atoms with Gasteiger partial charge in [0, 0.05) is 16.5 Å². The number of aromatic nitrogens is 2. The number of nitrogens with zero attached hydrogens (tertiary/aromatic N) is 2. The molecule has 5 rings (SSSR count). The van der Waals surface area contributed by atoms with Crippen molar-refractivity contribution in [3.05, 3.63) is 84.4 Å². The second kappa shape index (κ2) is 8.15. The highest BCUT2D eigenvalue weighted by molar-refractivity contribution is 5.96. The van der Waals surface area contributed by atoms with Crippen LogP contribution in [0.3, 0.4) is 0 Å². The van der Waals surface area contributed by atoms with Crippen molar-refractivity contribution < 1.29 is 4.42 Å². The van der Waals surface area contributed by atoms with Gasteiger partial charge < -0.3 is 4.42 Å². The SMILES string of the molecule is CC(C)Cc1ccc(-c2cc(-c3cc(C(C)(C)C)c4ccccc4c3)ncn2)c2ccoc12. The van der Waals surface area contributed by atoms with E-state index in [0.29, 0.717) is 5.92 Å². The second-order valence-corrected chi connectivity index (χ2v) is 10.3. The van der Waals surface area contributed by atoms with Gasteiger partial charge in [0.1, 0.15) is 11.9 Å². The summed E-state index contributed by atoms with van der Waals surface area (Å²) in [4.78, 5) is 9.29. The quantitative estimate of drug-likeness (QED) is 0.286. The van der Waals surface area contributed by atoms with Gasteiger partial charge in [-0.1, -0.05) is 71.0 Å². The highest BCUT2D eigenvalue weighted by atomic mass is 16.3. The number of furan rings is 1. The van der Waals surface area contributed by atoms with E-state index in [1.54, 1.807) is 12.6 Å². The molecule has 0 N–H and O–H groups in total. The third-order valence-electron chi connectivity index (χ3n) is 6.24. The maximum absolute atomic E-state index is 5.88. The molecule has 2 heterocycles. The minimum atomic E-state index is 0.0284. The van der Waals surface area contributed by atoms with Gasteiger partial charge in [0.05, 0.1) is 17.7 Å². The molecule has 0 unspecified atom stereocenters. The van der Waals surface area contributed by atoms with Crippen molar-refractivity contribution in [1.82, 2.24) is 9.97 Å². The summed E-state index contributed by atoms with van der Waals surface area (Å²) in [6, 6.07) is 21.6. The lowest BCUT2D eigenvalue weighted by Crippen LogP contribution is -2.12. The summed E-state index contributed by atoms with van der Waals surface area (Å²) in [6.07, 6.45) is 4.44. The van der Waals surface area contributed by atoms with Gasteiger partial charge in [-0.15, -0.1) is 0 Å². The zero-order valence-corrected chi connectivity index (χ0v) is 20.0. The normalized spacial score (nSPS) is 12.2. The Morgan fingerprint density at radius 1 is 0.848 bits per heavy atom. The molecule has 0 fully saturated rings. The molecule has 3 nitrogen and oxygen atoms in total. The van der Waals surface area contributed by atoms with E-state index < -0.39 is 0 Å². The number of benzene rings is 3. The van der Waals surface area contributed by atoms with E-state index in [9.17, 15) is 0 Å². The van der Waals surface area contributed by atoms with Crippen LogP contribution in [0, 0.1) is 5.92 Å². The summed E-state index contributed by atoms with van der Waals surface area (Å²) in [7, 11) is 0. The first-order valence-electron chi connectivity index (χ1n) is 11.7. The van der Waals surface area contributed by atoms with E-state index in [0.717, 1.165) is 39.9 Å². The van der Waals surface area contributed by atoms with Gasteiger partial charge in [0.25, 0.3) is 0 Å². The Hall–Kier alpha value is -3.46. The van der Waals surface area contributed by atoms with Crippen molar-refractivity contribution in [3.63, 3.8) is 0 Å². The first-order valence-corrected chi connectivity index (χ1v) is 11.7. The van der Waals surface area contributed by atoms with Crippen molar-refractivity contribution >= 4 is 21.7 Å². The van der Waals surface area contributed by atoms with Crippen molar-refractivity contribution in [2.24, 2.45) is 5.92 Å². The molecule has 0 atom stereocenters. The van der Waals surface area contributed by atoms with E-state index >= 15 is 0 Å². The smallest absolute Gasteiger partial charge is 0.137 e. The van der Waals surface area contributed by atoms with Gasteiger partial charge in [-0.05, 0) is 63.9 Å². The Bertz CT molecular complexity index is 1450. The summed E-state index contributed by atoms with van der Waals surface area (Å²) >= 11 is 0. The standard InChI is InChI=1S/C30H30N2O/c1-19(2)14-21-10-11-24(25-12-13-33-29(21)25)28-17-27(31-18-32-28)22-15-20-8-6-7-9-23(20)26(16-22)30(3,4)5/h6-13,15-19H,14H2,1-5H3.